The van der Waals surface area contributed by atoms with Crippen molar-refractivity contribution < 1.29 is 18.1 Å². The van der Waals surface area contributed by atoms with Crippen LogP contribution in [0.5, 0.6) is 0 Å². The molecule has 0 spiro atoms. The number of amides is 1. The average Bonchev–Trinajstić information content (AvgIpc) is 2.74. The molecule has 0 saturated heterocycles. The van der Waals surface area contributed by atoms with Crippen LogP contribution in [0.4, 0.5) is 17.1 Å². The van der Waals surface area contributed by atoms with E-state index in [0.717, 1.165) is 8.78 Å². The fourth-order valence-corrected chi connectivity index (χ4v) is 4.63. The molecule has 0 aliphatic carbocycles. The molecule has 31 heavy (non-hydrogen) atoms. The first kappa shape index (κ1) is 22.4. The predicted octanol–water partition coefficient (Wildman–Crippen LogP) is 4.50. The number of rotatable bonds is 7. The molecule has 0 aliphatic rings. The Morgan fingerprint density at radius 3 is 2.29 bits per heavy atom. The third-order valence-electron chi connectivity index (χ3n) is 4.51. The molecule has 1 amide bonds. The molecule has 1 N–H and O–H groups in total. The molecule has 3 aromatic carbocycles. The molecule has 0 saturated carbocycles. The standard InChI is InChI=1S/C21H18BrN3O5S/c1-15-19(8-5-9-20(15)25(27)28)23-21(26)14-24(17-12-10-16(22)11-13-17)31(29,30)18-6-3-2-4-7-18/h2-13H,14H2,1H3,(H,23,26). The molecule has 0 radical (unpaired) electrons. The summed E-state index contributed by atoms with van der Waals surface area (Å²) in [5, 5.41) is 13.7. The van der Waals surface area contributed by atoms with E-state index in [1.165, 1.54) is 37.3 Å². The molecule has 0 unspecified atom stereocenters. The number of hydrogen-bond donors (Lipinski definition) is 1. The molecule has 8 nitrogen and oxygen atoms in total. The topological polar surface area (TPSA) is 110 Å². The Morgan fingerprint density at radius 2 is 1.68 bits per heavy atom. The van der Waals surface area contributed by atoms with Crippen LogP contribution in [0.2, 0.25) is 0 Å². The van der Waals surface area contributed by atoms with Crippen molar-refractivity contribution in [2.75, 3.05) is 16.2 Å². The number of sulfonamides is 1. The maximum absolute atomic E-state index is 13.3. The highest BCUT2D eigenvalue weighted by molar-refractivity contribution is 9.10. The van der Waals surface area contributed by atoms with Crippen molar-refractivity contribution in [2.24, 2.45) is 0 Å². The van der Waals surface area contributed by atoms with E-state index >= 15 is 0 Å². The van der Waals surface area contributed by atoms with Crippen LogP contribution in [0.3, 0.4) is 0 Å². The Bertz CT molecular complexity index is 1220. The number of nitrogens with zero attached hydrogens (tertiary/aromatic N) is 2. The van der Waals surface area contributed by atoms with Crippen LogP contribution in [0.25, 0.3) is 0 Å². The lowest BCUT2D eigenvalue weighted by Crippen LogP contribution is -2.38. The number of nitrogens with one attached hydrogen (secondary N) is 1. The second kappa shape index (κ2) is 9.27. The van der Waals surface area contributed by atoms with Crippen molar-refractivity contribution in [3.05, 3.63) is 92.9 Å². The summed E-state index contributed by atoms with van der Waals surface area (Å²) in [4.78, 5) is 23.4. The highest BCUT2D eigenvalue weighted by atomic mass is 79.9. The third kappa shape index (κ3) is 5.09. The van der Waals surface area contributed by atoms with E-state index in [1.54, 1.807) is 42.5 Å². The molecular weight excluding hydrogens is 486 g/mol. The van der Waals surface area contributed by atoms with Crippen LogP contribution < -0.4 is 9.62 Å². The average molecular weight is 504 g/mol. The largest absolute Gasteiger partial charge is 0.324 e. The van der Waals surface area contributed by atoms with Gasteiger partial charge in [-0.3, -0.25) is 19.2 Å². The summed E-state index contributed by atoms with van der Waals surface area (Å²) in [5.74, 6) is -0.633. The zero-order valence-corrected chi connectivity index (χ0v) is 18.8. The van der Waals surface area contributed by atoms with Gasteiger partial charge in [-0.05, 0) is 49.4 Å². The van der Waals surface area contributed by atoms with Crippen LogP contribution in [-0.2, 0) is 14.8 Å². The fourth-order valence-electron chi connectivity index (χ4n) is 2.92. The van der Waals surface area contributed by atoms with Gasteiger partial charge in [-0.2, -0.15) is 0 Å². The van der Waals surface area contributed by atoms with Crippen molar-refractivity contribution in [2.45, 2.75) is 11.8 Å². The van der Waals surface area contributed by atoms with Gasteiger partial charge >= 0.3 is 0 Å². The van der Waals surface area contributed by atoms with Crippen molar-refractivity contribution >= 4 is 48.9 Å². The van der Waals surface area contributed by atoms with Crippen LogP contribution >= 0.6 is 15.9 Å². The summed E-state index contributed by atoms with van der Waals surface area (Å²) in [5.41, 5.74) is 0.687. The lowest BCUT2D eigenvalue weighted by molar-refractivity contribution is -0.385. The number of hydrogen-bond acceptors (Lipinski definition) is 5. The number of anilines is 2. The molecule has 0 aromatic heterocycles. The number of carbonyl (C=O) groups excluding carboxylic acids is 1. The number of halogens is 1. The maximum atomic E-state index is 13.3. The van der Waals surface area contributed by atoms with Gasteiger partial charge in [-0.15, -0.1) is 0 Å². The van der Waals surface area contributed by atoms with Gasteiger partial charge in [-0.1, -0.05) is 40.2 Å². The molecule has 0 atom stereocenters. The molecule has 3 aromatic rings. The third-order valence-corrected chi connectivity index (χ3v) is 6.83. The lowest BCUT2D eigenvalue weighted by Gasteiger charge is -2.24. The van der Waals surface area contributed by atoms with Gasteiger partial charge in [0.25, 0.3) is 15.7 Å². The summed E-state index contributed by atoms with van der Waals surface area (Å²) in [6.07, 6.45) is 0. The van der Waals surface area contributed by atoms with Gasteiger partial charge in [0.2, 0.25) is 5.91 Å². The maximum Gasteiger partial charge on any atom is 0.274 e. The first-order valence-electron chi connectivity index (χ1n) is 9.07. The monoisotopic (exact) mass is 503 g/mol. The van der Waals surface area contributed by atoms with Gasteiger partial charge in [-0.25, -0.2) is 8.42 Å². The minimum Gasteiger partial charge on any atom is -0.324 e. The Labute approximate surface area is 187 Å². The second-order valence-corrected chi connectivity index (χ2v) is 9.33. The van der Waals surface area contributed by atoms with Crippen LogP contribution in [-0.4, -0.2) is 25.8 Å². The normalized spacial score (nSPS) is 11.0. The second-order valence-electron chi connectivity index (χ2n) is 6.56. The molecule has 0 heterocycles. The van der Waals surface area contributed by atoms with Gasteiger partial charge in [0, 0.05) is 10.5 Å². The van der Waals surface area contributed by atoms with E-state index in [1.807, 2.05) is 0 Å². The van der Waals surface area contributed by atoms with Crippen molar-refractivity contribution in [1.29, 1.82) is 0 Å². The Hall–Kier alpha value is -3.24. The zero-order chi connectivity index (χ0) is 22.6. The minimum atomic E-state index is -4.04. The smallest absolute Gasteiger partial charge is 0.274 e. The van der Waals surface area contributed by atoms with Crippen molar-refractivity contribution in [1.82, 2.24) is 0 Å². The quantitative estimate of drug-likeness (QED) is 0.377. The summed E-state index contributed by atoms with van der Waals surface area (Å²) in [6, 6.07) is 18.6. The molecule has 10 heteroatoms. The Balaban J connectivity index is 1.94. The number of carbonyl (C=O) groups is 1. The first-order valence-corrected chi connectivity index (χ1v) is 11.3. The summed E-state index contributed by atoms with van der Waals surface area (Å²) < 4.78 is 28.3. The minimum absolute atomic E-state index is 0.0391. The molecule has 160 valence electrons. The Morgan fingerprint density at radius 1 is 1.03 bits per heavy atom. The highest BCUT2D eigenvalue weighted by Crippen LogP contribution is 2.27. The van der Waals surface area contributed by atoms with Crippen LogP contribution in [0.1, 0.15) is 5.56 Å². The fraction of sp³-hybridized carbons (Fsp3) is 0.0952. The van der Waals surface area contributed by atoms with Gasteiger partial charge in [0.05, 0.1) is 26.8 Å². The van der Waals surface area contributed by atoms with E-state index in [4.69, 9.17) is 0 Å². The van der Waals surface area contributed by atoms with Gasteiger partial charge in [0.1, 0.15) is 6.54 Å². The van der Waals surface area contributed by atoms with E-state index < -0.39 is 27.4 Å². The Kier molecular flexibility index (Phi) is 6.71. The molecular formula is C21H18BrN3O5S. The zero-order valence-electron chi connectivity index (χ0n) is 16.4. The molecule has 0 bridgehead atoms. The molecule has 0 aliphatic heterocycles. The van der Waals surface area contributed by atoms with E-state index in [0.29, 0.717) is 5.69 Å². The predicted molar refractivity (Wildman–Crippen MR) is 122 cm³/mol. The SMILES string of the molecule is Cc1c(NC(=O)CN(c2ccc(Br)cc2)S(=O)(=O)c2ccccc2)cccc1[N+](=O)[O-]. The molecule has 0 fully saturated rings. The van der Waals surface area contributed by atoms with E-state index in [2.05, 4.69) is 21.2 Å². The molecule has 3 rings (SSSR count). The van der Waals surface area contributed by atoms with Crippen LogP contribution in [0, 0.1) is 17.0 Å². The van der Waals surface area contributed by atoms with Gasteiger partial charge in [0.15, 0.2) is 0 Å². The number of benzene rings is 3. The van der Waals surface area contributed by atoms with Crippen molar-refractivity contribution in [3.63, 3.8) is 0 Å². The summed E-state index contributed by atoms with van der Waals surface area (Å²) in [7, 11) is -4.04. The van der Waals surface area contributed by atoms with E-state index in [9.17, 15) is 23.3 Å². The number of nitro groups is 1. The van der Waals surface area contributed by atoms with Crippen LogP contribution in [0.15, 0.2) is 82.2 Å². The van der Waals surface area contributed by atoms with E-state index in [-0.39, 0.29) is 21.8 Å². The first-order chi connectivity index (χ1) is 14.7. The lowest BCUT2D eigenvalue weighted by atomic mass is 10.1. The highest BCUT2D eigenvalue weighted by Gasteiger charge is 2.27. The summed E-state index contributed by atoms with van der Waals surface area (Å²) in [6.45, 7) is 1.00. The van der Waals surface area contributed by atoms with Gasteiger partial charge < -0.3 is 5.32 Å². The summed E-state index contributed by atoms with van der Waals surface area (Å²) >= 11 is 3.31. The van der Waals surface area contributed by atoms with Crippen molar-refractivity contribution in [3.8, 4) is 0 Å². The number of nitro benzene ring substituents is 1.